The van der Waals surface area contributed by atoms with E-state index in [4.69, 9.17) is 22.7 Å². The summed E-state index contributed by atoms with van der Waals surface area (Å²) in [6.45, 7) is 0.975. The van der Waals surface area contributed by atoms with E-state index in [1.165, 1.54) is 6.07 Å². The van der Waals surface area contributed by atoms with Gasteiger partial charge in [0.05, 0.1) is 6.04 Å². The van der Waals surface area contributed by atoms with Crippen LogP contribution in [0.25, 0.3) is 0 Å². The summed E-state index contributed by atoms with van der Waals surface area (Å²) in [5.74, 6) is 0.0620. The first kappa shape index (κ1) is 13.3. The first-order valence-electron chi connectivity index (χ1n) is 6.59. The van der Waals surface area contributed by atoms with E-state index in [1.54, 1.807) is 6.07 Å². The highest BCUT2D eigenvalue weighted by Crippen LogP contribution is 2.32. The second-order valence-electron chi connectivity index (χ2n) is 4.89. The molecule has 3 N–H and O–H groups in total. The number of hydrogen-bond acceptors (Lipinski definition) is 3. The van der Waals surface area contributed by atoms with Crippen LogP contribution >= 0.6 is 12.2 Å². The van der Waals surface area contributed by atoms with Crippen molar-refractivity contribution in [1.82, 2.24) is 9.55 Å². The van der Waals surface area contributed by atoms with Crippen LogP contribution in [0, 0.1) is 10.6 Å². The summed E-state index contributed by atoms with van der Waals surface area (Å²) in [6, 6.07) is 5.09. The summed E-state index contributed by atoms with van der Waals surface area (Å²) in [5.41, 5.74) is 7.56. The van der Waals surface area contributed by atoms with Gasteiger partial charge < -0.3 is 20.0 Å². The maximum absolute atomic E-state index is 13.6. The van der Waals surface area contributed by atoms with E-state index in [-0.39, 0.29) is 11.9 Å². The van der Waals surface area contributed by atoms with Crippen LogP contribution in [0.15, 0.2) is 24.4 Å². The third kappa shape index (κ3) is 2.25. The average Bonchev–Trinajstić information content (AvgIpc) is 2.80. The van der Waals surface area contributed by atoms with Gasteiger partial charge in [-0.05, 0) is 30.4 Å². The number of rotatable bonds is 3. The topological polar surface area (TPSA) is 56.0 Å². The number of ether oxygens (including phenoxy) is 1. The predicted molar refractivity (Wildman–Crippen MR) is 77.0 cm³/mol. The number of nitrogens with one attached hydrogen (secondary N) is 1. The highest BCUT2D eigenvalue weighted by Gasteiger charge is 2.25. The molecule has 1 atom stereocenters. The largest absolute Gasteiger partial charge is 0.488 e. The molecule has 0 unspecified atom stereocenters. The van der Waals surface area contributed by atoms with Crippen molar-refractivity contribution in [2.45, 2.75) is 18.9 Å². The first-order chi connectivity index (χ1) is 9.70. The number of halogens is 1. The molecule has 2 heterocycles. The Hall–Kier alpha value is -1.66. The maximum atomic E-state index is 13.6. The van der Waals surface area contributed by atoms with Crippen LogP contribution in [0.1, 0.15) is 17.3 Å². The van der Waals surface area contributed by atoms with Crippen molar-refractivity contribution in [2.75, 3.05) is 13.2 Å². The van der Waals surface area contributed by atoms with Crippen LogP contribution < -0.4 is 10.5 Å². The van der Waals surface area contributed by atoms with Crippen LogP contribution in [0.3, 0.4) is 0 Å². The van der Waals surface area contributed by atoms with Gasteiger partial charge in [-0.2, -0.15) is 0 Å². The van der Waals surface area contributed by atoms with E-state index in [1.807, 2.05) is 16.8 Å². The van der Waals surface area contributed by atoms with Gasteiger partial charge in [0.25, 0.3) is 0 Å². The van der Waals surface area contributed by atoms with Crippen molar-refractivity contribution >= 4 is 12.2 Å². The molecule has 0 saturated heterocycles. The molecular formula is C14H16FN3OS. The third-order valence-corrected chi connectivity index (χ3v) is 3.89. The summed E-state index contributed by atoms with van der Waals surface area (Å²) in [5, 5.41) is 0. The molecule has 1 aliphatic heterocycles. The van der Waals surface area contributed by atoms with Crippen molar-refractivity contribution in [2.24, 2.45) is 5.73 Å². The molecule has 1 aliphatic rings. The lowest BCUT2D eigenvalue weighted by molar-refractivity contribution is 0.211. The van der Waals surface area contributed by atoms with Gasteiger partial charge in [0.1, 0.15) is 6.61 Å². The van der Waals surface area contributed by atoms with Gasteiger partial charge in [-0.3, -0.25) is 0 Å². The number of para-hydroxylation sites is 1. The molecule has 4 nitrogen and oxygen atoms in total. The highest BCUT2D eigenvalue weighted by atomic mass is 32.1. The summed E-state index contributed by atoms with van der Waals surface area (Å²) in [7, 11) is 0. The summed E-state index contributed by atoms with van der Waals surface area (Å²) < 4.78 is 21.9. The molecule has 0 fully saturated rings. The Labute approximate surface area is 121 Å². The molecule has 1 aromatic carbocycles. The Morgan fingerprint density at radius 1 is 1.50 bits per heavy atom. The Balaban J connectivity index is 1.94. The number of benzene rings is 1. The van der Waals surface area contributed by atoms with Crippen molar-refractivity contribution in [3.8, 4) is 5.75 Å². The number of fused-ring (bicyclic) bond motifs is 1. The summed E-state index contributed by atoms with van der Waals surface area (Å²) in [4.78, 5) is 3.05. The van der Waals surface area contributed by atoms with Gasteiger partial charge in [-0.1, -0.05) is 12.1 Å². The van der Waals surface area contributed by atoms with E-state index in [2.05, 4.69) is 4.98 Å². The zero-order chi connectivity index (χ0) is 14.1. The second kappa shape index (κ2) is 5.38. The van der Waals surface area contributed by atoms with Crippen molar-refractivity contribution in [3.05, 3.63) is 46.2 Å². The van der Waals surface area contributed by atoms with Gasteiger partial charge in [-0.25, -0.2) is 4.39 Å². The lowest BCUT2D eigenvalue weighted by atomic mass is 10.0. The fourth-order valence-corrected chi connectivity index (χ4v) is 3.01. The van der Waals surface area contributed by atoms with Crippen LogP contribution in [0.2, 0.25) is 0 Å². The van der Waals surface area contributed by atoms with Crippen LogP contribution in [-0.2, 0) is 12.8 Å². The smallest absolute Gasteiger partial charge is 0.177 e. The van der Waals surface area contributed by atoms with Crippen LogP contribution in [0.5, 0.6) is 5.75 Å². The van der Waals surface area contributed by atoms with Gasteiger partial charge in [-0.15, -0.1) is 0 Å². The molecule has 106 valence electrons. The zero-order valence-electron chi connectivity index (χ0n) is 10.9. The Bertz CT molecular complexity index is 679. The molecule has 0 bridgehead atoms. The van der Waals surface area contributed by atoms with E-state index in [0.29, 0.717) is 30.1 Å². The SMILES string of the molecule is NCCc1c[nH]c(=S)n1[C@H]1COc2c(F)cccc2C1. The zero-order valence-corrected chi connectivity index (χ0v) is 11.8. The van der Waals surface area contributed by atoms with Gasteiger partial charge in [0.2, 0.25) is 0 Å². The molecular weight excluding hydrogens is 277 g/mol. The monoisotopic (exact) mass is 293 g/mol. The summed E-state index contributed by atoms with van der Waals surface area (Å²) in [6.07, 6.45) is 3.34. The molecule has 0 saturated carbocycles. The Kier molecular flexibility index (Phi) is 3.58. The number of aromatic amines is 1. The van der Waals surface area contributed by atoms with E-state index >= 15 is 0 Å². The molecule has 0 radical (unpaired) electrons. The predicted octanol–water partition coefficient (Wildman–Crippen LogP) is 2.36. The highest BCUT2D eigenvalue weighted by molar-refractivity contribution is 7.71. The van der Waals surface area contributed by atoms with Gasteiger partial charge >= 0.3 is 0 Å². The van der Waals surface area contributed by atoms with Crippen molar-refractivity contribution in [3.63, 3.8) is 0 Å². The lowest BCUT2D eigenvalue weighted by Crippen LogP contribution is -2.26. The number of H-pyrrole nitrogens is 1. The maximum Gasteiger partial charge on any atom is 0.177 e. The number of aromatic nitrogens is 2. The minimum atomic E-state index is -0.305. The van der Waals surface area contributed by atoms with Crippen molar-refractivity contribution < 1.29 is 9.13 Å². The molecule has 1 aromatic heterocycles. The molecule has 0 aliphatic carbocycles. The third-order valence-electron chi connectivity index (χ3n) is 3.58. The number of nitrogens with zero attached hydrogens (tertiary/aromatic N) is 1. The van der Waals surface area contributed by atoms with Crippen LogP contribution in [0.4, 0.5) is 4.39 Å². The second-order valence-corrected chi connectivity index (χ2v) is 5.28. The van der Waals surface area contributed by atoms with Crippen molar-refractivity contribution in [1.29, 1.82) is 0 Å². The number of nitrogens with two attached hydrogens (primary N) is 1. The Morgan fingerprint density at radius 2 is 2.35 bits per heavy atom. The fraction of sp³-hybridized carbons (Fsp3) is 0.357. The average molecular weight is 293 g/mol. The molecule has 3 rings (SSSR count). The van der Waals surface area contributed by atoms with Gasteiger partial charge in [0, 0.05) is 24.7 Å². The quantitative estimate of drug-likeness (QED) is 0.854. The van der Waals surface area contributed by atoms with E-state index < -0.39 is 0 Å². The molecule has 20 heavy (non-hydrogen) atoms. The van der Waals surface area contributed by atoms with E-state index in [9.17, 15) is 4.39 Å². The lowest BCUT2D eigenvalue weighted by Gasteiger charge is -2.27. The fourth-order valence-electron chi connectivity index (χ4n) is 2.69. The molecule has 2 aromatic rings. The number of imidazole rings is 1. The standard InChI is InChI=1S/C14H16FN3OS/c15-12-3-1-2-9-6-11(8-19-13(9)12)18-10(4-5-16)7-17-14(18)20/h1-3,7,11H,4-6,8,16H2,(H,17,20)/t11-/m1/s1. The molecule has 6 heteroatoms. The van der Waals surface area contributed by atoms with Gasteiger partial charge in [0.15, 0.2) is 16.3 Å². The normalized spacial score (nSPS) is 17.6. The van der Waals surface area contributed by atoms with Crippen LogP contribution in [-0.4, -0.2) is 22.7 Å². The molecule has 0 spiro atoms. The number of hydrogen-bond donors (Lipinski definition) is 2. The minimum absolute atomic E-state index is 0.0737. The first-order valence-corrected chi connectivity index (χ1v) is 7.00. The minimum Gasteiger partial charge on any atom is -0.488 e. The Morgan fingerprint density at radius 3 is 3.15 bits per heavy atom. The summed E-state index contributed by atoms with van der Waals surface area (Å²) >= 11 is 5.33. The van der Waals surface area contributed by atoms with E-state index in [0.717, 1.165) is 17.7 Å². The molecule has 0 amide bonds.